The third kappa shape index (κ3) is 4.02. The number of ether oxygens (including phenoxy) is 1. The molecule has 1 aromatic rings. The Kier molecular flexibility index (Phi) is 6.35. The molecule has 1 N–H and O–H groups in total. The fraction of sp³-hybridized carbons (Fsp3) is 0.696. The summed E-state index contributed by atoms with van der Waals surface area (Å²) in [5.41, 5.74) is 2.44. The number of piperazine rings is 1. The number of nitrogens with zero attached hydrogens (tertiary/aromatic N) is 4. The number of piperidine rings is 1. The van der Waals surface area contributed by atoms with Crippen molar-refractivity contribution in [3.05, 3.63) is 29.0 Å². The van der Waals surface area contributed by atoms with E-state index in [-0.39, 0.29) is 17.0 Å². The minimum atomic E-state index is -2.61. The molecule has 0 saturated carbocycles. The van der Waals surface area contributed by atoms with E-state index in [2.05, 4.69) is 50.6 Å². The lowest BCUT2D eigenvalue weighted by atomic mass is 9.85. The van der Waals surface area contributed by atoms with Crippen LogP contribution in [0.25, 0.3) is 0 Å². The van der Waals surface area contributed by atoms with Gasteiger partial charge in [-0.15, -0.1) is 0 Å². The summed E-state index contributed by atoms with van der Waals surface area (Å²) in [7, 11) is 0. The summed E-state index contributed by atoms with van der Waals surface area (Å²) in [4.78, 5) is 11.3. The predicted molar refractivity (Wildman–Crippen MR) is 126 cm³/mol. The summed E-state index contributed by atoms with van der Waals surface area (Å²) in [5, 5.41) is 3.39. The Morgan fingerprint density at radius 1 is 1.19 bits per heavy atom. The first-order chi connectivity index (χ1) is 15.5. The van der Waals surface area contributed by atoms with Gasteiger partial charge in [-0.25, -0.2) is 13.8 Å². The fourth-order valence-corrected chi connectivity index (χ4v) is 5.87. The maximum Gasteiger partial charge on any atom is 0.280 e. The minimum Gasteiger partial charge on any atom is -0.368 e. The molecule has 0 atom stereocenters. The molecule has 0 unspecified atom stereocenters. The molecule has 0 amide bonds. The van der Waals surface area contributed by atoms with Crippen LogP contribution in [0.5, 0.6) is 0 Å². The molecule has 176 valence electrons. The van der Waals surface area contributed by atoms with E-state index in [0.717, 1.165) is 70.9 Å². The third-order valence-corrected chi connectivity index (χ3v) is 8.03. The lowest BCUT2D eigenvalue weighted by Gasteiger charge is -2.48. The number of thiol groups is 1. The first kappa shape index (κ1) is 22.4. The smallest absolute Gasteiger partial charge is 0.280 e. The van der Waals surface area contributed by atoms with Crippen molar-refractivity contribution in [2.24, 2.45) is 0 Å². The predicted octanol–water partition coefficient (Wildman–Crippen LogP) is 2.86. The molecular weight excluding hydrogens is 432 g/mol. The Morgan fingerprint density at radius 3 is 2.50 bits per heavy atom. The molecule has 4 aliphatic rings. The van der Waals surface area contributed by atoms with Gasteiger partial charge < -0.3 is 19.9 Å². The van der Waals surface area contributed by atoms with Gasteiger partial charge in [-0.3, -0.25) is 4.90 Å². The number of halogens is 2. The van der Waals surface area contributed by atoms with Gasteiger partial charge in [0.1, 0.15) is 11.5 Å². The van der Waals surface area contributed by atoms with Crippen LogP contribution in [0.4, 0.5) is 20.3 Å². The Hall–Kier alpha value is -1.42. The van der Waals surface area contributed by atoms with Crippen LogP contribution in [0, 0.1) is 0 Å². The van der Waals surface area contributed by atoms with Gasteiger partial charge in [-0.05, 0) is 25.3 Å². The number of pyridine rings is 1. The minimum absolute atomic E-state index is 0.119. The number of hydrogen-bond acceptors (Lipinski definition) is 7. The molecule has 0 aliphatic carbocycles. The van der Waals surface area contributed by atoms with Crippen LogP contribution in [0.15, 0.2) is 17.7 Å². The van der Waals surface area contributed by atoms with Crippen molar-refractivity contribution < 1.29 is 13.5 Å². The van der Waals surface area contributed by atoms with Crippen molar-refractivity contribution in [2.75, 3.05) is 68.8 Å². The van der Waals surface area contributed by atoms with Gasteiger partial charge in [0.2, 0.25) is 0 Å². The highest BCUT2D eigenvalue weighted by Crippen LogP contribution is 2.40. The number of hydrogen-bond donors (Lipinski definition) is 2. The Bertz CT molecular complexity index is 862. The molecule has 1 aromatic heterocycles. The number of nitrogens with one attached hydrogen (secondary N) is 1. The van der Waals surface area contributed by atoms with Crippen LogP contribution >= 0.6 is 12.6 Å². The van der Waals surface area contributed by atoms with Crippen LogP contribution in [0.2, 0.25) is 0 Å². The van der Waals surface area contributed by atoms with E-state index in [1.165, 1.54) is 5.57 Å². The van der Waals surface area contributed by atoms with Gasteiger partial charge in [-0.1, -0.05) is 6.08 Å². The zero-order chi connectivity index (χ0) is 22.3. The lowest BCUT2D eigenvalue weighted by Crippen LogP contribution is -2.63. The third-order valence-electron chi connectivity index (χ3n) is 7.72. The second kappa shape index (κ2) is 9.08. The van der Waals surface area contributed by atoms with Crippen molar-refractivity contribution in [3.8, 4) is 0 Å². The van der Waals surface area contributed by atoms with Gasteiger partial charge in [-0.2, -0.15) is 12.6 Å². The van der Waals surface area contributed by atoms with Crippen LogP contribution < -0.4 is 15.1 Å². The van der Waals surface area contributed by atoms with Crippen molar-refractivity contribution in [3.63, 3.8) is 0 Å². The molecule has 0 bridgehead atoms. The molecule has 3 saturated heterocycles. The van der Waals surface area contributed by atoms with Gasteiger partial charge in [0.05, 0.1) is 12.2 Å². The maximum absolute atomic E-state index is 14.0. The van der Waals surface area contributed by atoms with Gasteiger partial charge in [0, 0.05) is 81.5 Å². The lowest BCUT2D eigenvalue weighted by molar-refractivity contribution is -0.000389. The van der Waals surface area contributed by atoms with E-state index in [4.69, 9.17) is 4.74 Å². The monoisotopic (exact) mass is 465 g/mol. The van der Waals surface area contributed by atoms with Crippen LogP contribution in [-0.2, 0) is 10.5 Å². The van der Waals surface area contributed by atoms with Crippen molar-refractivity contribution >= 4 is 24.1 Å². The number of rotatable bonds is 5. The summed E-state index contributed by atoms with van der Waals surface area (Å²) in [6.07, 6.45) is 1.26. The molecule has 9 heteroatoms. The zero-order valence-electron chi connectivity index (χ0n) is 18.7. The standard InChI is InChI=1S/C23H33F2N5OS/c1-16-2-11-31-23(16)3-7-29(8-4-23)20-12-19(18(15-32)21(27-20)22(24)25)30-13-17(14-30)28-9-5-26-6-10-28/h2,12,17,22,26,32H,3-11,13-15H2,1H3. The molecule has 6 nitrogen and oxygen atoms in total. The quantitative estimate of drug-likeness (QED) is 0.515. The van der Waals surface area contributed by atoms with Crippen LogP contribution in [0.1, 0.15) is 37.4 Å². The van der Waals surface area contributed by atoms with E-state index in [1.807, 2.05) is 6.07 Å². The highest BCUT2D eigenvalue weighted by molar-refractivity contribution is 7.79. The van der Waals surface area contributed by atoms with Crippen LogP contribution in [-0.4, -0.2) is 80.5 Å². The average Bonchev–Trinajstić information content (AvgIpc) is 3.13. The summed E-state index contributed by atoms with van der Waals surface area (Å²) in [5.74, 6) is 0.916. The second-order valence-electron chi connectivity index (χ2n) is 9.35. The molecular formula is C23H33F2N5OS. The summed E-state index contributed by atoms with van der Waals surface area (Å²) in [6, 6.07) is 2.50. The largest absolute Gasteiger partial charge is 0.368 e. The van der Waals surface area contributed by atoms with Crippen molar-refractivity contribution in [1.82, 2.24) is 15.2 Å². The highest BCUT2D eigenvalue weighted by atomic mass is 32.1. The number of anilines is 2. The van der Waals surface area contributed by atoms with E-state index >= 15 is 0 Å². The summed E-state index contributed by atoms with van der Waals surface area (Å²) in [6.45, 7) is 10.2. The Labute approximate surface area is 194 Å². The average molecular weight is 466 g/mol. The van der Waals surface area contributed by atoms with E-state index in [9.17, 15) is 8.78 Å². The normalized spacial score (nSPS) is 24.3. The number of alkyl halides is 2. The van der Waals surface area contributed by atoms with E-state index in [1.54, 1.807) is 0 Å². The maximum atomic E-state index is 14.0. The fourth-order valence-electron chi connectivity index (χ4n) is 5.54. The van der Waals surface area contributed by atoms with Crippen LogP contribution in [0.3, 0.4) is 0 Å². The first-order valence-corrected chi connectivity index (χ1v) is 12.3. The highest BCUT2D eigenvalue weighted by Gasteiger charge is 2.40. The molecule has 1 spiro atoms. The van der Waals surface area contributed by atoms with Gasteiger partial charge >= 0.3 is 0 Å². The molecule has 5 heterocycles. The Morgan fingerprint density at radius 2 is 1.91 bits per heavy atom. The van der Waals surface area contributed by atoms with Crippen molar-refractivity contribution in [2.45, 2.75) is 43.6 Å². The van der Waals surface area contributed by atoms with Gasteiger partial charge in [0.25, 0.3) is 6.43 Å². The van der Waals surface area contributed by atoms with E-state index in [0.29, 0.717) is 24.0 Å². The summed E-state index contributed by atoms with van der Waals surface area (Å²) < 4.78 is 34.1. The molecule has 32 heavy (non-hydrogen) atoms. The molecule has 3 fully saturated rings. The topological polar surface area (TPSA) is 43.9 Å². The molecule has 0 radical (unpaired) electrons. The molecule has 0 aromatic carbocycles. The zero-order valence-corrected chi connectivity index (χ0v) is 19.6. The summed E-state index contributed by atoms with van der Waals surface area (Å²) >= 11 is 4.40. The molecule has 4 aliphatic heterocycles. The number of aromatic nitrogens is 1. The molecule has 5 rings (SSSR count). The van der Waals surface area contributed by atoms with E-state index < -0.39 is 6.43 Å². The second-order valence-corrected chi connectivity index (χ2v) is 9.66. The van der Waals surface area contributed by atoms with Gasteiger partial charge in [0.15, 0.2) is 0 Å². The van der Waals surface area contributed by atoms with Crippen molar-refractivity contribution in [1.29, 1.82) is 0 Å². The Balaban J connectivity index is 1.36. The first-order valence-electron chi connectivity index (χ1n) is 11.7. The SMILES string of the molecule is CC1=CCOC12CCN(c1cc(N3CC(N4CCNCC4)C3)c(CS)c(C(F)F)n1)CC2.